The normalized spacial score (nSPS) is 20.3. The summed E-state index contributed by atoms with van der Waals surface area (Å²) in [4.78, 5) is 15.3. The lowest BCUT2D eigenvalue weighted by molar-refractivity contribution is -0.134. The van der Waals surface area contributed by atoms with E-state index in [0.29, 0.717) is 13.0 Å². The summed E-state index contributed by atoms with van der Waals surface area (Å²) in [5.41, 5.74) is 3.86. The SMILES string of the molecule is Cc1ccc(C2=NN(C(=O)CN3CCCCC3)[C@@H](c3cccc(F)c3)C2)cc1. The lowest BCUT2D eigenvalue weighted by atomic mass is 9.98. The summed E-state index contributed by atoms with van der Waals surface area (Å²) >= 11 is 0. The molecule has 1 atom stereocenters. The summed E-state index contributed by atoms with van der Waals surface area (Å²) < 4.78 is 13.8. The van der Waals surface area contributed by atoms with E-state index in [9.17, 15) is 9.18 Å². The number of hydrogen-bond donors (Lipinski definition) is 0. The van der Waals surface area contributed by atoms with Gasteiger partial charge >= 0.3 is 0 Å². The van der Waals surface area contributed by atoms with Gasteiger partial charge in [0.1, 0.15) is 5.82 Å². The Morgan fingerprint density at radius 2 is 1.86 bits per heavy atom. The lowest BCUT2D eigenvalue weighted by Gasteiger charge is -2.29. The number of hydrazone groups is 1. The second kappa shape index (κ2) is 8.23. The number of hydrogen-bond acceptors (Lipinski definition) is 3. The Kier molecular flexibility index (Phi) is 5.53. The van der Waals surface area contributed by atoms with Crippen LogP contribution < -0.4 is 0 Å². The maximum absolute atomic E-state index is 13.8. The van der Waals surface area contributed by atoms with Crippen LogP contribution in [0.4, 0.5) is 4.39 Å². The quantitative estimate of drug-likeness (QED) is 0.794. The maximum atomic E-state index is 13.8. The fourth-order valence-electron chi connectivity index (χ4n) is 4.02. The molecule has 5 heteroatoms. The molecule has 0 aromatic heterocycles. The van der Waals surface area contributed by atoms with E-state index in [1.54, 1.807) is 11.1 Å². The molecule has 0 aliphatic carbocycles. The Hall–Kier alpha value is -2.53. The average molecular weight is 379 g/mol. The standard InChI is InChI=1S/C23H26FN3O/c1-17-8-10-18(11-9-17)21-15-22(19-6-5-7-20(24)14-19)27(25-21)23(28)16-26-12-3-2-4-13-26/h5-11,14,22H,2-4,12-13,15-16H2,1H3/t22-/m1/s1. The Morgan fingerprint density at radius 3 is 2.57 bits per heavy atom. The van der Waals surface area contributed by atoms with E-state index < -0.39 is 0 Å². The van der Waals surface area contributed by atoms with Crippen LogP contribution in [0.15, 0.2) is 53.6 Å². The smallest absolute Gasteiger partial charge is 0.257 e. The Bertz CT molecular complexity index is 872. The first-order chi connectivity index (χ1) is 13.6. The van der Waals surface area contributed by atoms with Crippen molar-refractivity contribution in [2.45, 2.75) is 38.6 Å². The molecule has 0 N–H and O–H groups in total. The van der Waals surface area contributed by atoms with Gasteiger partial charge in [-0.25, -0.2) is 9.40 Å². The zero-order chi connectivity index (χ0) is 19.5. The molecule has 1 saturated heterocycles. The Labute approximate surface area is 165 Å². The monoisotopic (exact) mass is 379 g/mol. The van der Waals surface area contributed by atoms with Gasteiger partial charge in [0.25, 0.3) is 5.91 Å². The van der Waals surface area contributed by atoms with Crippen molar-refractivity contribution in [2.75, 3.05) is 19.6 Å². The van der Waals surface area contributed by atoms with Gasteiger partial charge in [-0.3, -0.25) is 9.69 Å². The Balaban J connectivity index is 1.60. The maximum Gasteiger partial charge on any atom is 0.257 e. The van der Waals surface area contributed by atoms with E-state index in [1.807, 2.05) is 37.3 Å². The van der Waals surface area contributed by atoms with Crippen molar-refractivity contribution >= 4 is 11.6 Å². The van der Waals surface area contributed by atoms with E-state index in [1.165, 1.54) is 24.1 Å². The molecule has 2 aliphatic heterocycles. The third-order valence-electron chi connectivity index (χ3n) is 5.59. The number of benzene rings is 2. The van der Waals surface area contributed by atoms with Crippen LogP contribution in [-0.2, 0) is 4.79 Å². The van der Waals surface area contributed by atoms with Gasteiger partial charge in [0, 0.05) is 6.42 Å². The van der Waals surface area contributed by atoms with Crippen molar-refractivity contribution in [3.05, 3.63) is 71.0 Å². The van der Waals surface area contributed by atoms with Gasteiger partial charge in [-0.2, -0.15) is 5.10 Å². The highest BCUT2D eigenvalue weighted by molar-refractivity contribution is 6.03. The fourth-order valence-corrected chi connectivity index (χ4v) is 4.02. The van der Waals surface area contributed by atoms with E-state index >= 15 is 0 Å². The van der Waals surface area contributed by atoms with Crippen LogP contribution in [0.2, 0.25) is 0 Å². The number of halogens is 1. The summed E-state index contributed by atoms with van der Waals surface area (Å²) in [7, 11) is 0. The number of piperidine rings is 1. The number of likely N-dealkylation sites (tertiary alicyclic amines) is 1. The van der Waals surface area contributed by atoms with Crippen molar-refractivity contribution < 1.29 is 9.18 Å². The molecule has 28 heavy (non-hydrogen) atoms. The van der Waals surface area contributed by atoms with Crippen LogP contribution >= 0.6 is 0 Å². The summed E-state index contributed by atoms with van der Waals surface area (Å²) in [5.74, 6) is -0.303. The molecule has 2 aromatic carbocycles. The van der Waals surface area contributed by atoms with E-state index in [0.717, 1.165) is 42.8 Å². The number of aryl methyl sites for hydroxylation is 1. The largest absolute Gasteiger partial charge is 0.294 e. The Morgan fingerprint density at radius 1 is 1.11 bits per heavy atom. The molecule has 2 heterocycles. The van der Waals surface area contributed by atoms with Crippen molar-refractivity contribution in [2.24, 2.45) is 5.10 Å². The van der Waals surface area contributed by atoms with Crippen molar-refractivity contribution in [1.82, 2.24) is 9.91 Å². The molecule has 0 saturated carbocycles. The van der Waals surface area contributed by atoms with Gasteiger partial charge in [0.15, 0.2) is 0 Å². The van der Waals surface area contributed by atoms with Crippen LogP contribution in [-0.4, -0.2) is 41.2 Å². The third-order valence-corrected chi connectivity index (χ3v) is 5.59. The van der Waals surface area contributed by atoms with Crippen LogP contribution in [0.5, 0.6) is 0 Å². The summed E-state index contributed by atoms with van der Waals surface area (Å²) in [6.07, 6.45) is 4.10. The molecule has 2 aliphatic rings. The van der Waals surface area contributed by atoms with Gasteiger partial charge in [-0.05, 0) is 56.1 Å². The second-order valence-corrected chi connectivity index (χ2v) is 7.76. The van der Waals surface area contributed by atoms with Crippen LogP contribution in [0.25, 0.3) is 0 Å². The molecular weight excluding hydrogens is 353 g/mol. The number of rotatable bonds is 4. The van der Waals surface area contributed by atoms with Crippen LogP contribution in [0.1, 0.15) is 48.4 Å². The van der Waals surface area contributed by atoms with Gasteiger partial charge in [0.05, 0.1) is 18.3 Å². The minimum atomic E-state index is -0.287. The van der Waals surface area contributed by atoms with Crippen molar-refractivity contribution in [3.8, 4) is 0 Å². The first kappa shape index (κ1) is 18.8. The van der Waals surface area contributed by atoms with Gasteiger partial charge in [0.2, 0.25) is 0 Å². The van der Waals surface area contributed by atoms with Crippen LogP contribution in [0, 0.1) is 12.7 Å². The highest BCUT2D eigenvalue weighted by Gasteiger charge is 2.34. The minimum Gasteiger partial charge on any atom is -0.294 e. The predicted octanol–water partition coefficient (Wildman–Crippen LogP) is 4.30. The number of nitrogens with zero attached hydrogens (tertiary/aromatic N) is 3. The molecule has 2 aromatic rings. The molecule has 4 rings (SSSR count). The molecule has 1 amide bonds. The van der Waals surface area contributed by atoms with E-state index in [2.05, 4.69) is 4.90 Å². The van der Waals surface area contributed by atoms with Gasteiger partial charge in [-0.1, -0.05) is 48.4 Å². The first-order valence-corrected chi connectivity index (χ1v) is 10.0. The predicted molar refractivity (Wildman–Crippen MR) is 109 cm³/mol. The number of carbonyl (C=O) groups excluding carboxylic acids is 1. The number of amides is 1. The molecule has 0 bridgehead atoms. The second-order valence-electron chi connectivity index (χ2n) is 7.76. The molecule has 146 valence electrons. The zero-order valence-electron chi connectivity index (χ0n) is 16.3. The van der Waals surface area contributed by atoms with Gasteiger partial charge in [-0.15, -0.1) is 0 Å². The molecule has 0 radical (unpaired) electrons. The molecular formula is C23H26FN3O. The van der Waals surface area contributed by atoms with Crippen molar-refractivity contribution in [1.29, 1.82) is 0 Å². The fraction of sp³-hybridized carbons (Fsp3) is 0.391. The zero-order valence-corrected chi connectivity index (χ0v) is 16.3. The molecule has 0 spiro atoms. The highest BCUT2D eigenvalue weighted by atomic mass is 19.1. The lowest BCUT2D eigenvalue weighted by Crippen LogP contribution is -2.40. The topological polar surface area (TPSA) is 35.9 Å². The highest BCUT2D eigenvalue weighted by Crippen LogP contribution is 2.33. The van der Waals surface area contributed by atoms with Crippen LogP contribution in [0.3, 0.4) is 0 Å². The van der Waals surface area contributed by atoms with Gasteiger partial charge < -0.3 is 0 Å². The van der Waals surface area contributed by atoms with Crippen molar-refractivity contribution in [3.63, 3.8) is 0 Å². The first-order valence-electron chi connectivity index (χ1n) is 10.0. The number of carbonyl (C=O) groups is 1. The van der Waals surface area contributed by atoms with E-state index in [4.69, 9.17) is 5.10 Å². The third kappa shape index (κ3) is 4.14. The molecule has 1 fully saturated rings. The molecule has 4 nitrogen and oxygen atoms in total. The summed E-state index contributed by atoms with van der Waals surface area (Å²) in [6, 6.07) is 14.4. The minimum absolute atomic E-state index is 0.0155. The average Bonchev–Trinajstić information content (AvgIpc) is 3.15. The van der Waals surface area contributed by atoms with E-state index in [-0.39, 0.29) is 17.8 Å². The summed E-state index contributed by atoms with van der Waals surface area (Å²) in [5, 5.41) is 6.27. The summed E-state index contributed by atoms with van der Waals surface area (Å²) in [6.45, 7) is 4.33. The molecule has 0 unspecified atom stereocenters.